The van der Waals surface area contributed by atoms with Gasteiger partial charge in [-0.25, -0.2) is 4.98 Å². The molecular formula is C12H19N5O2. The topological polar surface area (TPSA) is 91.0 Å². The van der Waals surface area contributed by atoms with Gasteiger partial charge in [-0.15, -0.1) is 5.10 Å². The first-order chi connectivity index (χ1) is 9.00. The molecule has 0 aromatic carbocycles. The highest BCUT2D eigenvalue weighted by molar-refractivity contribution is 5.92. The standard InChI is InChI=1S/C12H19N5O2/c1-4-8-14-9(16-15-8)10(18)17-6-5-12(2,7-17)11(19)13-3/h4-7H2,1-3H3,(H,13,19)(H,14,15,16). The Hall–Kier alpha value is -1.92. The highest BCUT2D eigenvalue weighted by atomic mass is 16.2. The van der Waals surface area contributed by atoms with Crippen LogP contribution < -0.4 is 5.32 Å². The molecule has 7 heteroatoms. The van der Waals surface area contributed by atoms with Crippen molar-refractivity contribution in [3.63, 3.8) is 0 Å². The Labute approximate surface area is 111 Å². The third-order valence-electron chi connectivity index (χ3n) is 3.59. The molecule has 2 amide bonds. The van der Waals surface area contributed by atoms with Crippen molar-refractivity contribution >= 4 is 11.8 Å². The average molecular weight is 265 g/mol. The van der Waals surface area contributed by atoms with Crippen molar-refractivity contribution in [2.24, 2.45) is 5.41 Å². The first kappa shape index (κ1) is 13.5. The molecule has 2 rings (SSSR count). The highest BCUT2D eigenvalue weighted by Gasteiger charge is 2.42. The molecule has 104 valence electrons. The van der Waals surface area contributed by atoms with Crippen LogP contribution in [0.25, 0.3) is 0 Å². The summed E-state index contributed by atoms with van der Waals surface area (Å²) in [7, 11) is 1.61. The van der Waals surface area contributed by atoms with E-state index in [1.165, 1.54) is 0 Å². The number of nitrogens with one attached hydrogen (secondary N) is 2. The zero-order valence-electron chi connectivity index (χ0n) is 11.5. The normalized spacial score (nSPS) is 22.6. The predicted molar refractivity (Wildman–Crippen MR) is 68.5 cm³/mol. The summed E-state index contributed by atoms with van der Waals surface area (Å²) in [5.41, 5.74) is -0.520. The number of carbonyl (C=O) groups is 2. The van der Waals surface area contributed by atoms with E-state index < -0.39 is 5.41 Å². The van der Waals surface area contributed by atoms with Crippen LogP contribution in [0.15, 0.2) is 0 Å². The van der Waals surface area contributed by atoms with E-state index in [1.54, 1.807) is 11.9 Å². The first-order valence-electron chi connectivity index (χ1n) is 6.43. The van der Waals surface area contributed by atoms with Gasteiger partial charge in [-0.05, 0) is 13.3 Å². The Bertz CT molecular complexity index is 498. The van der Waals surface area contributed by atoms with Gasteiger partial charge < -0.3 is 10.2 Å². The van der Waals surface area contributed by atoms with Crippen molar-refractivity contribution in [3.8, 4) is 0 Å². The molecule has 0 aliphatic carbocycles. The largest absolute Gasteiger partial charge is 0.359 e. The number of H-pyrrole nitrogens is 1. The molecule has 1 aliphatic rings. The van der Waals surface area contributed by atoms with Gasteiger partial charge in [-0.2, -0.15) is 0 Å². The van der Waals surface area contributed by atoms with E-state index in [1.807, 2.05) is 13.8 Å². The zero-order valence-corrected chi connectivity index (χ0v) is 11.5. The highest BCUT2D eigenvalue weighted by Crippen LogP contribution is 2.30. The fraction of sp³-hybridized carbons (Fsp3) is 0.667. The lowest BCUT2D eigenvalue weighted by molar-refractivity contribution is -0.128. The maximum Gasteiger partial charge on any atom is 0.293 e. The number of hydrogen-bond acceptors (Lipinski definition) is 4. The summed E-state index contributed by atoms with van der Waals surface area (Å²) in [5, 5.41) is 9.29. The predicted octanol–water partition coefficient (Wildman–Crippen LogP) is -0.0347. The number of nitrogens with zero attached hydrogens (tertiary/aromatic N) is 3. The van der Waals surface area contributed by atoms with Gasteiger partial charge >= 0.3 is 0 Å². The van der Waals surface area contributed by atoms with Gasteiger partial charge in [0.1, 0.15) is 5.82 Å². The third kappa shape index (κ3) is 2.45. The Kier molecular flexibility index (Phi) is 3.55. The molecule has 1 aliphatic heterocycles. The van der Waals surface area contributed by atoms with Crippen LogP contribution in [0.3, 0.4) is 0 Å². The fourth-order valence-corrected chi connectivity index (χ4v) is 2.31. The van der Waals surface area contributed by atoms with Crippen molar-refractivity contribution < 1.29 is 9.59 Å². The van der Waals surface area contributed by atoms with Gasteiger partial charge in [-0.3, -0.25) is 14.7 Å². The molecule has 7 nitrogen and oxygen atoms in total. The summed E-state index contributed by atoms with van der Waals surface area (Å²) < 4.78 is 0. The lowest BCUT2D eigenvalue weighted by Crippen LogP contribution is -2.40. The van der Waals surface area contributed by atoms with E-state index in [-0.39, 0.29) is 17.6 Å². The molecule has 1 aromatic rings. The fourth-order valence-electron chi connectivity index (χ4n) is 2.31. The molecule has 0 spiro atoms. The molecule has 1 atom stereocenters. The summed E-state index contributed by atoms with van der Waals surface area (Å²) in [4.78, 5) is 29.8. The molecule has 2 heterocycles. The minimum atomic E-state index is -0.520. The first-order valence-corrected chi connectivity index (χ1v) is 6.43. The Morgan fingerprint density at radius 3 is 2.84 bits per heavy atom. The van der Waals surface area contributed by atoms with E-state index in [9.17, 15) is 9.59 Å². The maximum absolute atomic E-state index is 12.2. The lowest BCUT2D eigenvalue weighted by Gasteiger charge is -2.22. The zero-order chi connectivity index (χ0) is 14.0. The molecule has 1 saturated heterocycles. The van der Waals surface area contributed by atoms with Crippen LogP contribution in [0.5, 0.6) is 0 Å². The second-order valence-electron chi connectivity index (χ2n) is 5.08. The molecular weight excluding hydrogens is 246 g/mol. The van der Waals surface area contributed by atoms with Crippen LogP contribution in [0, 0.1) is 5.41 Å². The number of carbonyl (C=O) groups excluding carboxylic acids is 2. The minimum Gasteiger partial charge on any atom is -0.359 e. The van der Waals surface area contributed by atoms with Gasteiger partial charge in [0.25, 0.3) is 5.91 Å². The number of hydrogen-bond donors (Lipinski definition) is 2. The van der Waals surface area contributed by atoms with Crippen LogP contribution in [0.2, 0.25) is 0 Å². The van der Waals surface area contributed by atoms with Crippen molar-refractivity contribution in [3.05, 3.63) is 11.6 Å². The second kappa shape index (κ2) is 4.99. The smallest absolute Gasteiger partial charge is 0.293 e. The minimum absolute atomic E-state index is 0.0352. The molecule has 0 radical (unpaired) electrons. The number of aromatic nitrogens is 3. The summed E-state index contributed by atoms with van der Waals surface area (Å²) >= 11 is 0. The monoisotopic (exact) mass is 265 g/mol. The lowest BCUT2D eigenvalue weighted by atomic mass is 9.89. The van der Waals surface area contributed by atoms with E-state index in [2.05, 4.69) is 20.5 Å². The molecule has 1 unspecified atom stereocenters. The van der Waals surface area contributed by atoms with Crippen molar-refractivity contribution in [2.45, 2.75) is 26.7 Å². The van der Waals surface area contributed by atoms with Gasteiger partial charge in [-0.1, -0.05) is 6.92 Å². The summed E-state index contributed by atoms with van der Waals surface area (Å²) in [5.74, 6) is 0.616. The average Bonchev–Trinajstić information content (AvgIpc) is 3.04. The number of likely N-dealkylation sites (tertiary alicyclic amines) is 1. The van der Waals surface area contributed by atoms with Gasteiger partial charge in [0.15, 0.2) is 0 Å². The van der Waals surface area contributed by atoms with Crippen LogP contribution in [0.4, 0.5) is 0 Å². The summed E-state index contributed by atoms with van der Waals surface area (Å²) in [6.07, 6.45) is 1.36. The van der Waals surface area contributed by atoms with Gasteiger partial charge in [0.2, 0.25) is 11.7 Å². The summed E-state index contributed by atoms with van der Waals surface area (Å²) in [6, 6.07) is 0. The van der Waals surface area contributed by atoms with Crippen LogP contribution in [0.1, 0.15) is 36.7 Å². The quantitative estimate of drug-likeness (QED) is 0.802. The number of rotatable bonds is 3. The number of amides is 2. The SMILES string of the molecule is CCc1nc(C(=O)N2CCC(C)(C(=O)NC)C2)n[nH]1. The van der Waals surface area contributed by atoms with E-state index >= 15 is 0 Å². The summed E-state index contributed by atoms with van der Waals surface area (Å²) in [6.45, 7) is 4.77. The van der Waals surface area contributed by atoms with Crippen LogP contribution in [-0.2, 0) is 11.2 Å². The van der Waals surface area contributed by atoms with E-state index in [0.717, 1.165) is 0 Å². The Morgan fingerprint density at radius 2 is 2.26 bits per heavy atom. The van der Waals surface area contributed by atoms with Crippen LogP contribution in [-0.4, -0.2) is 52.0 Å². The molecule has 19 heavy (non-hydrogen) atoms. The van der Waals surface area contributed by atoms with Crippen LogP contribution >= 0.6 is 0 Å². The van der Waals surface area contributed by atoms with Crippen molar-refractivity contribution in [1.82, 2.24) is 25.4 Å². The Morgan fingerprint density at radius 1 is 1.53 bits per heavy atom. The molecule has 2 N–H and O–H groups in total. The molecule has 1 fully saturated rings. The van der Waals surface area contributed by atoms with E-state index in [4.69, 9.17) is 0 Å². The second-order valence-corrected chi connectivity index (χ2v) is 5.08. The van der Waals surface area contributed by atoms with Gasteiger partial charge in [0.05, 0.1) is 5.41 Å². The third-order valence-corrected chi connectivity index (χ3v) is 3.59. The van der Waals surface area contributed by atoms with Crippen molar-refractivity contribution in [2.75, 3.05) is 20.1 Å². The molecule has 1 aromatic heterocycles. The Balaban J connectivity index is 2.08. The van der Waals surface area contributed by atoms with E-state index in [0.29, 0.717) is 31.8 Å². The maximum atomic E-state index is 12.2. The van der Waals surface area contributed by atoms with Gasteiger partial charge in [0, 0.05) is 26.6 Å². The van der Waals surface area contributed by atoms with Crippen molar-refractivity contribution in [1.29, 1.82) is 0 Å². The number of aryl methyl sites for hydroxylation is 1. The molecule has 0 saturated carbocycles. The number of aromatic amines is 1. The molecule has 0 bridgehead atoms.